The Morgan fingerprint density at radius 1 is 1.07 bits per heavy atom. The van der Waals surface area contributed by atoms with Crippen LogP contribution in [0.4, 0.5) is 11.4 Å². The van der Waals surface area contributed by atoms with Crippen molar-refractivity contribution in [2.45, 2.75) is 13.8 Å². The first kappa shape index (κ1) is 18.2. The average Bonchev–Trinajstić information content (AvgIpc) is 3.09. The molecule has 0 radical (unpaired) electrons. The largest absolute Gasteiger partial charge is 0.493 e. The second-order valence-electron chi connectivity index (χ2n) is 5.99. The number of benzene rings is 2. The van der Waals surface area contributed by atoms with Crippen LogP contribution in [0.2, 0.25) is 0 Å². The number of hydrogen-bond donors (Lipinski definition) is 2. The van der Waals surface area contributed by atoms with Crippen LogP contribution in [0, 0.1) is 6.92 Å². The summed E-state index contributed by atoms with van der Waals surface area (Å²) in [7, 11) is 1.49. The number of aromatic nitrogens is 2. The van der Waals surface area contributed by atoms with Gasteiger partial charge in [-0.15, -0.1) is 0 Å². The molecule has 27 heavy (non-hydrogen) atoms. The maximum absolute atomic E-state index is 12.8. The molecular weight excluding hydrogens is 344 g/mol. The zero-order valence-electron chi connectivity index (χ0n) is 15.3. The highest BCUT2D eigenvalue weighted by atomic mass is 16.5. The number of para-hydroxylation sites is 1. The van der Waals surface area contributed by atoms with Gasteiger partial charge in [0.15, 0.2) is 11.4 Å². The van der Waals surface area contributed by atoms with Crippen LogP contribution < -0.4 is 15.4 Å². The number of methoxy groups -OCH3 is 1. The maximum Gasteiger partial charge on any atom is 0.280 e. The van der Waals surface area contributed by atoms with Gasteiger partial charge in [0.2, 0.25) is 5.91 Å². The molecule has 0 bridgehead atoms. The lowest BCUT2D eigenvalue weighted by atomic mass is 10.1. The summed E-state index contributed by atoms with van der Waals surface area (Å²) < 4.78 is 6.90. The molecule has 138 valence electrons. The summed E-state index contributed by atoms with van der Waals surface area (Å²) in [4.78, 5) is 24.0. The van der Waals surface area contributed by atoms with Crippen molar-refractivity contribution in [3.63, 3.8) is 0 Å². The smallest absolute Gasteiger partial charge is 0.280 e. The van der Waals surface area contributed by atoms with Gasteiger partial charge in [0.05, 0.1) is 19.0 Å². The van der Waals surface area contributed by atoms with E-state index in [-0.39, 0.29) is 11.6 Å². The number of anilines is 2. The molecule has 1 heterocycles. The van der Waals surface area contributed by atoms with E-state index < -0.39 is 5.91 Å². The lowest BCUT2D eigenvalue weighted by molar-refractivity contribution is -0.114. The Balaban J connectivity index is 1.88. The quantitative estimate of drug-likeness (QED) is 0.727. The predicted octanol–water partition coefficient (Wildman–Crippen LogP) is 3.40. The second-order valence-corrected chi connectivity index (χ2v) is 5.99. The maximum atomic E-state index is 12.8. The van der Waals surface area contributed by atoms with Crippen LogP contribution >= 0.6 is 0 Å². The second kappa shape index (κ2) is 7.74. The monoisotopic (exact) mass is 364 g/mol. The van der Waals surface area contributed by atoms with Gasteiger partial charge in [0.25, 0.3) is 5.91 Å². The minimum Gasteiger partial charge on any atom is -0.493 e. The van der Waals surface area contributed by atoms with Crippen molar-refractivity contribution in [3.05, 3.63) is 66.0 Å². The Bertz CT molecular complexity index is 980. The van der Waals surface area contributed by atoms with Crippen LogP contribution in [0.1, 0.15) is 23.0 Å². The van der Waals surface area contributed by atoms with Crippen molar-refractivity contribution in [2.75, 3.05) is 17.7 Å². The molecule has 0 aliphatic rings. The molecule has 0 aliphatic heterocycles. The molecule has 0 unspecified atom stereocenters. The summed E-state index contributed by atoms with van der Waals surface area (Å²) in [5.74, 6) is -0.212. The van der Waals surface area contributed by atoms with Crippen LogP contribution in [-0.2, 0) is 4.79 Å². The molecule has 0 saturated heterocycles. The Labute approximate surface area is 157 Å². The van der Waals surface area contributed by atoms with Crippen LogP contribution in [0.15, 0.2) is 54.7 Å². The zero-order chi connectivity index (χ0) is 19.4. The Morgan fingerprint density at radius 2 is 1.81 bits per heavy atom. The lowest BCUT2D eigenvalue weighted by Crippen LogP contribution is -2.15. The van der Waals surface area contributed by atoms with Crippen LogP contribution in [0.25, 0.3) is 5.69 Å². The molecule has 0 saturated carbocycles. The van der Waals surface area contributed by atoms with Gasteiger partial charge in [-0.25, -0.2) is 4.68 Å². The van der Waals surface area contributed by atoms with Gasteiger partial charge in [-0.1, -0.05) is 24.3 Å². The predicted molar refractivity (Wildman–Crippen MR) is 104 cm³/mol. The molecule has 0 atom stereocenters. The third-order valence-electron chi connectivity index (χ3n) is 3.94. The molecule has 2 N–H and O–H groups in total. The highest BCUT2D eigenvalue weighted by Gasteiger charge is 2.19. The fraction of sp³-hybridized carbons (Fsp3) is 0.150. The van der Waals surface area contributed by atoms with Crippen molar-refractivity contribution < 1.29 is 14.3 Å². The van der Waals surface area contributed by atoms with E-state index >= 15 is 0 Å². The Hall–Kier alpha value is -3.61. The van der Waals surface area contributed by atoms with Crippen molar-refractivity contribution in [3.8, 4) is 11.4 Å². The summed E-state index contributed by atoms with van der Waals surface area (Å²) in [5.41, 5.74) is 3.04. The molecule has 1 aromatic heterocycles. The van der Waals surface area contributed by atoms with Gasteiger partial charge in [-0.05, 0) is 36.8 Å². The molecule has 0 fully saturated rings. The van der Waals surface area contributed by atoms with Gasteiger partial charge >= 0.3 is 0 Å². The molecule has 7 heteroatoms. The third-order valence-corrected chi connectivity index (χ3v) is 3.94. The van der Waals surface area contributed by atoms with Crippen molar-refractivity contribution in [1.82, 2.24) is 9.78 Å². The van der Waals surface area contributed by atoms with Gasteiger partial charge in [-0.3, -0.25) is 9.59 Å². The van der Waals surface area contributed by atoms with Gasteiger partial charge < -0.3 is 15.4 Å². The number of nitrogens with one attached hydrogen (secondary N) is 2. The third kappa shape index (κ3) is 4.14. The first-order valence-electron chi connectivity index (χ1n) is 8.36. The van der Waals surface area contributed by atoms with E-state index in [1.165, 1.54) is 14.0 Å². The molecular formula is C20H20N4O3. The van der Waals surface area contributed by atoms with Gasteiger partial charge in [-0.2, -0.15) is 5.10 Å². The molecule has 3 aromatic rings. The molecule has 2 amide bonds. The Morgan fingerprint density at radius 3 is 2.48 bits per heavy atom. The number of hydrogen-bond acceptors (Lipinski definition) is 4. The fourth-order valence-electron chi connectivity index (χ4n) is 2.60. The van der Waals surface area contributed by atoms with E-state index in [2.05, 4.69) is 15.7 Å². The SMILES string of the molecule is COc1cn(-c2ccccc2)nc1C(=O)Nc1cc(NC(C)=O)ccc1C. The van der Waals surface area contributed by atoms with E-state index in [9.17, 15) is 9.59 Å². The van der Waals surface area contributed by atoms with E-state index in [0.29, 0.717) is 17.1 Å². The number of nitrogens with zero attached hydrogens (tertiary/aromatic N) is 2. The van der Waals surface area contributed by atoms with E-state index in [0.717, 1.165) is 11.3 Å². The van der Waals surface area contributed by atoms with Crippen LogP contribution in [0.3, 0.4) is 0 Å². The molecule has 2 aromatic carbocycles. The number of ether oxygens (including phenoxy) is 1. The summed E-state index contributed by atoms with van der Waals surface area (Å²) in [5, 5.41) is 9.89. The molecule has 0 spiro atoms. The summed E-state index contributed by atoms with van der Waals surface area (Å²) >= 11 is 0. The number of carbonyl (C=O) groups is 2. The van der Waals surface area contributed by atoms with Crippen LogP contribution in [-0.4, -0.2) is 28.7 Å². The fourth-order valence-corrected chi connectivity index (χ4v) is 2.60. The molecule has 7 nitrogen and oxygen atoms in total. The van der Waals surface area contributed by atoms with Gasteiger partial charge in [0, 0.05) is 18.3 Å². The highest BCUT2D eigenvalue weighted by molar-refractivity contribution is 6.05. The molecule has 0 aliphatic carbocycles. The van der Waals surface area contributed by atoms with Crippen molar-refractivity contribution in [2.24, 2.45) is 0 Å². The number of aryl methyl sites for hydroxylation is 1. The Kier molecular flexibility index (Phi) is 5.21. The summed E-state index contributed by atoms with van der Waals surface area (Å²) in [6.07, 6.45) is 1.66. The van der Waals surface area contributed by atoms with E-state index in [1.54, 1.807) is 23.0 Å². The lowest BCUT2D eigenvalue weighted by Gasteiger charge is -2.10. The minimum atomic E-state index is -0.399. The first-order valence-corrected chi connectivity index (χ1v) is 8.36. The first-order chi connectivity index (χ1) is 13.0. The highest BCUT2D eigenvalue weighted by Crippen LogP contribution is 2.24. The zero-order valence-corrected chi connectivity index (χ0v) is 15.3. The van der Waals surface area contributed by atoms with Gasteiger partial charge in [0.1, 0.15) is 0 Å². The minimum absolute atomic E-state index is 0.172. The number of carbonyl (C=O) groups excluding carboxylic acids is 2. The van der Waals surface area contributed by atoms with Crippen molar-refractivity contribution >= 4 is 23.2 Å². The summed E-state index contributed by atoms with van der Waals surface area (Å²) in [6, 6.07) is 14.8. The summed E-state index contributed by atoms with van der Waals surface area (Å²) in [6.45, 7) is 3.30. The van der Waals surface area contributed by atoms with E-state index in [4.69, 9.17) is 4.74 Å². The van der Waals surface area contributed by atoms with Crippen LogP contribution in [0.5, 0.6) is 5.75 Å². The topological polar surface area (TPSA) is 85.2 Å². The normalized spacial score (nSPS) is 10.3. The van der Waals surface area contributed by atoms with Crippen molar-refractivity contribution in [1.29, 1.82) is 0 Å². The average molecular weight is 364 g/mol. The number of rotatable bonds is 5. The molecule has 3 rings (SSSR count). The van der Waals surface area contributed by atoms with E-state index in [1.807, 2.05) is 43.3 Å². The standard InChI is InChI=1S/C20H20N4O3/c1-13-9-10-15(21-14(2)25)11-17(13)22-20(26)19-18(27-3)12-24(23-19)16-7-5-4-6-8-16/h4-12H,1-3H3,(H,21,25)(H,22,26). The number of amides is 2.